The van der Waals surface area contributed by atoms with Gasteiger partial charge in [-0.25, -0.2) is 5.43 Å². The van der Waals surface area contributed by atoms with Crippen LogP contribution in [-0.2, 0) is 0 Å². The first-order valence-electron chi connectivity index (χ1n) is 4.22. The van der Waals surface area contributed by atoms with Gasteiger partial charge in [-0.15, -0.1) is 0 Å². The Kier molecular flexibility index (Phi) is 3.82. The van der Waals surface area contributed by atoms with Gasteiger partial charge in [-0.3, -0.25) is 0 Å². The number of hydrogen-bond donors (Lipinski definition) is 1. The molecule has 1 aliphatic rings. The van der Waals surface area contributed by atoms with E-state index in [9.17, 15) is 0 Å². The van der Waals surface area contributed by atoms with Gasteiger partial charge in [-0.2, -0.15) is 0 Å². The molecule has 0 spiro atoms. The van der Waals surface area contributed by atoms with Gasteiger partial charge >= 0.3 is 0 Å². The third-order valence-corrected chi connectivity index (χ3v) is 2.51. The van der Waals surface area contributed by atoms with Crippen LogP contribution in [0.1, 0.15) is 13.3 Å². The highest BCUT2D eigenvalue weighted by Gasteiger charge is 2.11. The summed E-state index contributed by atoms with van der Waals surface area (Å²) in [5.74, 6) is 0.789. The summed E-state index contributed by atoms with van der Waals surface area (Å²) in [6.07, 6.45) is 5.07. The molecule has 1 aliphatic heterocycles. The molecular formula is C9H15BrN2. The molecule has 0 aromatic carbocycles. The number of halogens is 1. The minimum atomic E-state index is 0.789. The quantitative estimate of drug-likeness (QED) is 0.733. The summed E-state index contributed by atoms with van der Waals surface area (Å²) in [5, 5.41) is 2.10. The molecule has 1 unspecified atom stereocenters. The Bertz CT molecular complexity index is 181. The fourth-order valence-electron chi connectivity index (χ4n) is 1.13. The van der Waals surface area contributed by atoms with E-state index in [1.165, 1.54) is 6.42 Å². The van der Waals surface area contributed by atoms with Crippen molar-refractivity contribution in [3.8, 4) is 0 Å². The number of allylic oxidation sites excluding steroid dienone is 2. The lowest BCUT2D eigenvalue weighted by molar-refractivity contribution is 0.186. The van der Waals surface area contributed by atoms with Crippen LogP contribution < -0.4 is 5.43 Å². The summed E-state index contributed by atoms with van der Waals surface area (Å²) >= 11 is 3.39. The Morgan fingerprint density at radius 2 is 2.50 bits per heavy atom. The van der Waals surface area contributed by atoms with E-state index < -0.39 is 0 Å². The monoisotopic (exact) mass is 230 g/mol. The molecule has 0 aliphatic carbocycles. The highest BCUT2D eigenvalue weighted by molar-refractivity contribution is 9.11. The van der Waals surface area contributed by atoms with Crippen LogP contribution in [0.2, 0.25) is 0 Å². The molecule has 68 valence electrons. The Labute approximate surface area is 82.4 Å². The molecule has 12 heavy (non-hydrogen) atoms. The second-order valence-corrected chi connectivity index (χ2v) is 4.08. The van der Waals surface area contributed by atoms with Gasteiger partial charge in [0, 0.05) is 23.8 Å². The van der Waals surface area contributed by atoms with Crippen LogP contribution in [0, 0.1) is 5.92 Å². The molecule has 0 aromatic rings. The zero-order valence-corrected chi connectivity index (χ0v) is 8.97. The number of nitrogens with zero attached hydrogens (tertiary/aromatic N) is 1. The molecule has 1 N–H and O–H groups in total. The van der Waals surface area contributed by atoms with Gasteiger partial charge in [-0.1, -0.05) is 19.6 Å². The third kappa shape index (κ3) is 2.99. The molecule has 3 heteroatoms. The van der Waals surface area contributed by atoms with Crippen molar-refractivity contribution in [1.29, 1.82) is 0 Å². The van der Waals surface area contributed by atoms with Crippen LogP contribution >= 0.6 is 15.9 Å². The van der Waals surface area contributed by atoms with E-state index in [0.717, 1.165) is 23.5 Å². The molecule has 1 saturated heterocycles. The minimum Gasteiger partial charge on any atom is -0.315 e. The maximum Gasteiger partial charge on any atom is 0.0343 e. The molecule has 0 aromatic heterocycles. The summed E-state index contributed by atoms with van der Waals surface area (Å²) in [7, 11) is 0. The third-order valence-electron chi connectivity index (χ3n) is 1.98. The van der Waals surface area contributed by atoms with E-state index in [1.54, 1.807) is 6.08 Å². The van der Waals surface area contributed by atoms with Crippen molar-refractivity contribution in [2.75, 3.05) is 13.1 Å². The highest BCUT2D eigenvalue weighted by atomic mass is 79.9. The second kappa shape index (κ2) is 4.67. The molecule has 0 saturated carbocycles. The van der Waals surface area contributed by atoms with Gasteiger partial charge in [0.15, 0.2) is 0 Å². The molecule has 1 rings (SSSR count). The first-order chi connectivity index (χ1) is 5.72. The summed E-state index contributed by atoms with van der Waals surface area (Å²) in [4.78, 5) is 0. The van der Waals surface area contributed by atoms with E-state index in [4.69, 9.17) is 0 Å². The lowest BCUT2D eigenvalue weighted by Crippen LogP contribution is -2.42. The molecular weight excluding hydrogens is 216 g/mol. The number of nitrogens with one attached hydrogen (secondary N) is 1. The van der Waals surface area contributed by atoms with Crippen molar-refractivity contribution in [3.63, 3.8) is 0 Å². The van der Waals surface area contributed by atoms with Crippen molar-refractivity contribution < 1.29 is 0 Å². The summed E-state index contributed by atoms with van der Waals surface area (Å²) in [6, 6.07) is 0. The Morgan fingerprint density at radius 3 is 3.00 bits per heavy atom. The lowest BCUT2D eigenvalue weighted by Gasteiger charge is -2.30. The average Bonchev–Trinajstić information content (AvgIpc) is 2.09. The standard InChI is InChI=1S/C9H15BrN2/c1-3-9(10)7-12-5-4-8(2)6-11-12/h3,7-8,11H,1,4-6H2,2H3/b9-7+. The second-order valence-electron chi connectivity index (χ2n) is 3.17. The predicted molar refractivity (Wildman–Crippen MR) is 55.7 cm³/mol. The zero-order chi connectivity index (χ0) is 8.97. The summed E-state index contributed by atoms with van der Waals surface area (Å²) in [5.41, 5.74) is 3.31. The zero-order valence-electron chi connectivity index (χ0n) is 7.39. The molecule has 1 heterocycles. The van der Waals surface area contributed by atoms with Crippen molar-refractivity contribution in [1.82, 2.24) is 10.4 Å². The van der Waals surface area contributed by atoms with Gasteiger partial charge in [0.2, 0.25) is 0 Å². The van der Waals surface area contributed by atoms with Gasteiger partial charge in [0.25, 0.3) is 0 Å². The SMILES string of the molecule is C=C/C(Br)=C\N1CCC(C)CN1. The normalized spacial score (nSPS) is 25.7. The fraction of sp³-hybridized carbons (Fsp3) is 0.556. The molecule has 1 atom stereocenters. The Hall–Kier alpha value is -0.280. The fourth-order valence-corrected chi connectivity index (χ4v) is 1.37. The van der Waals surface area contributed by atoms with Crippen molar-refractivity contribution in [2.45, 2.75) is 13.3 Å². The molecule has 0 bridgehead atoms. The summed E-state index contributed by atoms with van der Waals surface area (Å²) in [6.45, 7) is 8.07. The van der Waals surface area contributed by atoms with E-state index in [0.29, 0.717) is 0 Å². The average molecular weight is 231 g/mol. The molecule has 2 nitrogen and oxygen atoms in total. The topological polar surface area (TPSA) is 15.3 Å². The van der Waals surface area contributed by atoms with Gasteiger partial charge in [0.05, 0.1) is 0 Å². The first kappa shape index (κ1) is 9.81. The van der Waals surface area contributed by atoms with Gasteiger partial charge in [-0.05, 0) is 28.3 Å². The number of hydrogen-bond acceptors (Lipinski definition) is 2. The molecule has 1 fully saturated rings. The summed E-state index contributed by atoms with van der Waals surface area (Å²) < 4.78 is 1.02. The molecule has 0 radical (unpaired) electrons. The van der Waals surface area contributed by atoms with E-state index >= 15 is 0 Å². The largest absolute Gasteiger partial charge is 0.315 e. The first-order valence-corrected chi connectivity index (χ1v) is 5.01. The van der Waals surface area contributed by atoms with Crippen LogP contribution in [0.15, 0.2) is 23.3 Å². The van der Waals surface area contributed by atoms with Gasteiger partial charge < -0.3 is 5.01 Å². The maximum absolute atomic E-state index is 3.67. The van der Waals surface area contributed by atoms with Crippen molar-refractivity contribution >= 4 is 15.9 Å². The number of rotatable bonds is 2. The van der Waals surface area contributed by atoms with Crippen LogP contribution in [-0.4, -0.2) is 18.1 Å². The van der Waals surface area contributed by atoms with E-state index in [1.807, 2.05) is 6.20 Å². The van der Waals surface area contributed by atoms with E-state index in [2.05, 4.69) is 39.9 Å². The lowest BCUT2D eigenvalue weighted by atomic mass is 10.1. The van der Waals surface area contributed by atoms with Crippen LogP contribution in [0.4, 0.5) is 0 Å². The Balaban J connectivity index is 2.40. The number of hydrazine groups is 1. The van der Waals surface area contributed by atoms with E-state index in [-0.39, 0.29) is 0 Å². The Morgan fingerprint density at radius 1 is 1.75 bits per heavy atom. The molecule has 0 amide bonds. The van der Waals surface area contributed by atoms with Crippen molar-refractivity contribution in [3.05, 3.63) is 23.3 Å². The van der Waals surface area contributed by atoms with Crippen molar-refractivity contribution in [2.24, 2.45) is 5.92 Å². The van der Waals surface area contributed by atoms with Crippen LogP contribution in [0.5, 0.6) is 0 Å². The predicted octanol–water partition coefficient (Wildman–Crippen LogP) is 2.26. The van der Waals surface area contributed by atoms with Gasteiger partial charge in [0.1, 0.15) is 0 Å². The highest BCUT2D eigenvalue weighted by Crippen LogP contribution is 2.11. The maximum atomic E-state index is 3.67. The smallest absolute Gasteiger partial charge is 0.0343 e. The minimum absolute atomic E-state index is 0.789. The van der Waals surface area contributed by atoms with Crippen LogP contribution in [0.25, 0.3) is 0 Å². The van der Waals surface area contributed by atoms with Crippen LogP contribution in [0.3, 0.4) is 0 Å².